The van der Waals surface area contributed by atoms with Crippen LogP contribution in [0.15, 0.2) is 0 Å². The summed E-state index contributed by atoms with van der Waals surface area (Å²) in [4.78, 5) is 21.4. The highest BCUT2D eigenvalue weighted by molar-refractivity contribution is 5.69. The van der Waals surface area contributed by atoms with Crippen LogP contribution in [0.4, 0.5) is 0 Å². The molecule has 1 atom stereocenters. The molecule has 1 fully saturated rings. The lowest BCUT2D eigenvalue weighted by molar-refractivity contribution is -0.147. The smallest absolute Gasteiger partial charge is 0.305 e. The number of unbranched alkanes of at least 4 members (excludes halogenated alkanes) is 1. The third kappa shape index (κ3) is 5.70. The number of carboxylic acid groups (broad SMARTS) is 1. The van der Waals surface area contributed by atoms with Crippen molar-refractivity contribution in [2.75, 3.05) is 13.2 Å². The quantitative estimate of drug-likeness (QED) is 0.528. The van der Waals surface area contributed by atoms with Gasteiger partial charge in [0, 0.05) is 19.4 Å². The van der Waals surface area contributed by atoms with Gasteiger partial charge < -0.3 is 14.6 Å². The fourth-order valence-electron chi connectivity index (χ4n) is 1.58. The van der Waals surface area contributed by atoms with Crippen LogP contribution in [0.3, 0.4) is 0 Å². The van der Waals surface area contributed by atoms with Crippen molar-refractivity contribution in [3.8, 4) is 0 Å². The van der Waals surface area contributed by atoms with E-state index in [0.717, 1.165) is 19.4 Å². The average molecular weight is 230 g/mol. The average Bonchev–Trinajstić information content (AvgIpc) is 2.74. The Hall–Kier alpha value is -1.10. The molecule has 0 radical (unpaired) electrons. The molecule has 0 bridgehead atoms. The zero-order chi connectivity index (χ0) is 11.8. The summed E-state index contributed by atoms with van der Waals surface area (Å²) in [5.74, 6) is -1.09. The van der Waals surface area contributed by atoms with E-state index in [1.165, 1.54) is 0 Å². The summed E-state index contributed by atoms with van der Waals surface area (Å²) < 4.78 is 10.3. The van der Waals surface area contributed by atoms with Crippen molar-refractivity contribution in [3.63, 3.8) is 0 Å². The second-order valence-electron chi connectivity index (χ2n) is 3.92. The minimum Gasteiger partial charge on any atom is -0.481 e. The molecule has 1 aliphatic heterocycles. The van der Waals surface area contributed by atoms with Crippen molar-refractivity contribution in [1.82, 2.24) is 0 Å². The van der Waals surface area contributed by atoms with Gasteiger partial charge in [-0.25, -0.2) is 0 Å². The lowest BCUT2D eigenvalue weighted by atomic mass is 10.2. The summed E-state index contributed by atoms with van der Waals surface area (Å²) in [6.07, 6.45) is 3.52. The van der Waals surface area contributed by atoms with Gasteiger partial charge in [0.25, 0.3) is 0 Å². The first-order chi connectivity index (χ1) is 7.68. The number of carboxylic acids is 1. The van der Waals surface area contributed by atoms with Crippen LogP contribution in [0, 0.1) is 0 Å². The molecule has 5 nitrogen and oxygen atoms in total. The zero-order valence-electron chi connectivity index (χ0n) is 9.31. The molecule has 1 N–H and O–H groups in total. The fourth-order valence-corrected chi connectivity index (χ4v) is 1.58. The van der Waals surface area contributed by atoms with Gasteiger partial charge in [-0.1, -0.05) is 0 Å². The maximum atomic E-state index is 11.2. The molecule has 5 heteroatoms. The van der Waals surface area contributed by atoms with Crippen LogP contribution in [0.5, 0.6) is 0 Å². The molecule has 16 heavy (non-hydrogen) atoms. The van der Waals surface area contributed by atoms with E-state index in [1.54, 1.807) is 0 Å². The van der Waals surface area contributed by atoms with Gasteiger partial charge in [0.15, 0.2) is 0 Å². The van der Waals surface area contributed by atoms with Gasteiger partial charge in [0.2, 0.25) is 0 Å². The molecule has 1 rings (SSSR count). The second kappa shape index (κ2) is 7.22. The third-order valence-electron chi connectivity index (χ3n) is 2.48. The largest absolute Gasteiger partial charge is 0.481 e. The van der Waals surface area contributed by atoms with Crippen LogP contribution in [0.25, 0.3) is 0 Å². The molecule has 1 saturated heterocycles. The fraction of sp³-hybridized carbons (Fsp3) is 0.818. The Kier molecular flexibility index (Phi) is 5.85. The summed E-state index contributed by atoms with van der Waals surface area (Å²) in [5, 5.41) is 8.39. The first-order valence-corrected chi connectivity index (χ1v) is 5.67. The van der Waals surface area contributed by atoms with E-state index in [9.17, 15) is 9.59 Å². The Morgan fingerprint density at radius 3 is 2.69 bits per heavy atom. The molecule has 0 aromatic carbocycles. The van der Waals surface area contributed by atoms with Gasteiger partial charge in [-0.15, -0.1) is 0 Å². The predicted molar refractivity (Wildman–Crippen MR) is 56.0 cm³/mol. The van der Waals surface area contributed by atoms with Crippen LogP contribution in [-0.4, -0.2) is 36.4 Å². The van der Waals surface area contributed by atoms with Crippen LogP contribution < -0.4 is 0 Å². The van der Waals surface area contributed by atoms with E-state index in [4.69, 9.17) is 14.6 Å². The van der Waals surface area contributed by atoms with Gasteiger partial charge in [0.1, 0.15) is 6.61 Å². The Morgan fingerprint density at radius 1 is 1.31 bits per heavy atom. The topological polar surface area (TPSA) is 72.8 Å². The normalized spacial score (nSPS) is 19.6. The Morgan fingerprint density at radius 2 is 2.06 bits per heavy atom. The number of carbonyl (C=O) groups excluding carboxylic acids is 1. The van der Waals surface area contributed by atoms with E-state index >= 15 is 0 Å². The monoisotopic (exact) mass is 230 g/mol. The van der Waals surface area contributed by atoms with Crippen molar-refractivity contribution < 1.29 is 24.2 Å². The molecular weight excluding hydrogens is 212 g/mol. The number of esters is 1. The van der Waals surface area contributed by atoms with E-state index in [1.807, 2.05) is 0 Å². The Labute approximate surface area is 94.7 Å². The molecule has 0 aromatic rings. The number of carbonyl (C=O) groups is 2. The molecule has 0 amide bonds. The van der Waals surface area contributed by atoms with Crippen LogP contribution in [-0.2, 0) is 19.1 Å². The van der Waals surface area contributed by atoms with Gasteiger partial charge in [-0.3, -0.25) is 9.59 Å². The van der Waals surface area contributed by atoms with E-state index in [0.29, 0.717) is 25.9 Å². The standard InChI is InChI=1S/C11H18O5/c12-10(13)5-1-2-6-11(14)16-8-9-4-3-7-15-9/h9H,1-8H2,(H,12,13). The lowest BCUT2D eigenvalue weighted by Gasteiger charge is -2.09. The summed E-state index contributed by atoms with van der Waals surface area (Å²) in [6, 6.07) is 0. The molecule has 0 spiro atoms. The molecule has 0 aliphatic carbocycles. The minimum atomic E-state index is -0.826. The Balaban J connectivity index is 1.95. The van der Waals surface area contributed by atoms with E-state index in [-0.39, 0.29) is 18.5 Å². The molecule has 0 aromatic heterocycles. The first kappa shape index (κ1) is 13.0. The first-order valence-electron chi connectivity index (χ1n) is 5.67. The summed E-state index contributed by atoms with van der Waals surface area (Å²) in [6.45, 7) is 1.08. The molecule has 92 valence electrons. The van der Waals surface area contributed by atoms with E-state index < -0.39 is 5.97 Å². The number of ether oxygens (including phenoxy) is 2. The molecule has 1 unspecified atom stereocenters. The lowest BCUT2D eigenvalue weighted by Crippen LogP contribution is -2.17. The molecular formula is C11H18O5. The van der Waals surface area contributed by atoms with Crippen molar-refractivity contribution in [3.05, 3.63) is 0 Å². The van der Waals surface area contributed by atoms with Crippen LogP contribution >= 0.6 is 0 Å². The third-order valence-corrected chi connectivity index (χ3v) is 2.48. The number of rotatable bonds is 7. The van der Waals surface area contributed by atoms with Gasteiger partial charge in [0.05, 0.1) is 6.10 Å². The highest BCUT2D eigenvalue weighted by Crippen LogP contribution is 2.12. The van der Waals surface area contributed by atoms with Crippen molar-refractivity contribution in [2.24, 2.45) is 0 Å². The van der Waals surface area contributed by atoms with Crippen LogP contribution in [0.1, 0.15) is 38.5 Å². The maximum Gasteiger partial charge on any atom is 0.305 e. The maximum absolute atomic E-state index is 11.2. The van der Waals surface area contributed by atoms with Crippen molar-refractivity contribution in [2.45, 2.75) is 44.6 Å². The number of aliphatic carboxylic acids is 1. The predicted octanol–water partition coefficient (Wildman–Crippen LogP) is 1.35. The number of hydrogen-bond donors (Lipinski definition) is 1. The molecule has 1 heterocycles. The van der Waals surface area contributed by atoms with E-state index in [2.05, 4.69) is 0 Å². The number of hydrogen-bond acceptors (Lipinski definition) is 4. The van der Waals surface area contributed by atoms with Gasteiger partial charge >= 0.3 is 11.9 Å². The summed E-state index contributed by atoms with van der Waals surface area (Å²) in [7, 11) is 0. The van der Waals surface area contributed by atoms with Crippen molar-refractivity contribution >= 4 is 11.9 Å². The highest BCUT2D eigenvalue weighted by atomic mass is 16.6. The SMILES string of the molecule is O=C(O)CCCCC(=O)OCC1CCCO1. The Bertz CT molecular complexity index is 233. The second-order valence-corrected chi connectivity index (χ2v) is 3.92. The summed E-state index contributed by atoms with van der Waals surface area (Å²) in [5.41, 5.74) is 0. The molecule has 1 aliphatic rings. The van der Waals surface area contributed by atoms with Crippen molar-refractivity contribution in [1.29, 1.82) is 0 Å². The molecule has 0 saturated carbocycles. The van der Waals surface area contributed by atoms with Gasteiger partial charge in [-0.05, 0) is 25.7 Å². The summed E-state index contributed by atoms with van der Waals surface area (Å²) >= 11 is 0. The van der Waals surface area contributed by atoms with Crippen LogP contribution in [0.2, 0.25) is 0 Å². The van der Waals surface area contributed by atoms with Gasteiger partial charge in [-0.2, -0.15) is 0 Å². The zero-order valence-corrected chi connectivity index (χ0v) is 9.31. The highest BCUT2D eigenvalue weighted by Gasteiger charge is 2.17. The minimum absolute atomic E-state index is 0.0583.